The van der Waals surface area contributed by atoms with Gasteiger partial charge in [0.05, 0.1) is 12.7 Å². The van der Waals surface area contributed by atoms with E-state index in [2.05, 4.69) is 36.9 Å². The number of likely N-dealkylation sites (tertiary alicyclic amines) is 1. The molecule has 1 aromatic heterocycles. The fraction of sp³-hybridized carbons (Fsp3) is 0.607. The van der Waals surface area contributed by atoms with E-state index in [9.17, 15) is 19.8 Å². The Hall–Kier alpha value is -2.91. The summed E-state index contributed by atoms with van der Waals surface area (Å²) in [7, 11) is 0. The molecule has 198 valence electrons. The van der Waals surface area contributed by atoms with Crippen molar-refractivity contribution >= 4 is 17.5 Å². The van der Waals surface area contributed by atoms with Crippen molar-refractivity contribution in [3.8, 4) is 0 Å². The summed E-state index contributed by atoms with van der Waals surface area (Å²) in [5.74, 6) is 0.526. The first kappa shape index (κ1) is 24.4. The lowest BCUT2D eigenvalue weighted by molar-refractivity contribution is -0.132. The van der Waals surface area contributed by atoms with Crippen LogP contribution in [0.15, 0.2) is 18.2 Å². The van der Waals surface area contributed by atoms with Crippen LogP contribution in [0.5, 0.6) is 0 Å². The molecule has 2 aromatic rings. The van der Waals surface area contributed by atoms with E-state index in [1.54, 1.807) is 9.58 Å². The zero-order valence-corrected chi connectivity index (χ0v) is 21.8. The molecule has 1 saturated carbocycles. The Morgan fingerprint density at radius 1 is 1.08 bits per heavy atom. The summed E-state index contributed by atoms with van der Waals surface area (Å²) < 4.78 is 1.79. The molecular weight excluding hydrogens is 470 g/mol. The van der Waals surface area contributed by atoms with Crippen LogP contribution in [0.4, 0.5) is 5.69 Å². The molecule has 3 unspecified atom stereocenters. The molecule has 6 rings (SSSR count). The van der Waals surface area contributed by atoms with Gasteiger partial charge in [-0.1, -0.05) is 12.1 Å². The first-order valence-corrected chi connectivity index (χ1v) is 13.6. The predicted molar refractivity (Wildman–Crippen MR) is 139 cm³/mol. The van der Waals surface area contributed by atoms with Crippen LogP contribution in [0.3, 0.4) is 0 Å². The minimum absolute atomic E-state index is 0.0481. The number of anilines is 1. The van der Waals surface area contributed by atoms with Gasteiger partial charge in [0, 0.05) is 62.1 Å². The summed E-state index contributed by atoms with van der Waals surface area (Å²) in [6.45, 7) is 8.03. The molecule has 2 amide bonds. The van der Waals surface area contributed by atoms with Crippen LogP contribution in [0.25, 0.3) is 0 Å². The highest BCUT2D eigenvalue weighted by molar-refractivity contribution is 5.95. The number of amides is 2. The van der Waals surface area contributed by atoms with Gasteiger partial charge in [-0.05, 0) is 62.1 Å². The number of hydrogen-bond acceptors (Lipinski definition) is 6. The molecule has 37 heavy (non-hydrogen) atoms. The second-order valence-corrected chi connectivity index (χ2v) is 11.3. The zero-order chi connectivity index (χ0) is 25.8. The number of aryl methyl sites for hydroxylation is 1. The van der Waals surface area contributed by atoms with Crippen molar-refractivity contribution in [3.63, 3.8) is 0 Å². The largest absolute Gasteiger partial charge is 0.396 e. The quantitative estimate of drug-likeness (QED) is 0.633. The van der Waals surface area contributed by atoms with E-state index in [0.717, 1.165) is 37.2 Å². The van der Waals surface area contributed by atoms with E-state index < -0.39 is 6.10 Å². The van der Waals surface area contributed by atoms with Gasteiger partial charge in [-0.25, -0.2) is 0 Å². The average Bonchev–Trinajstić information content (AvgIpc) is 3.43. The van der Waals surface area contributed by atoms with Crippen molar-refractivity contribution in [3.05, 3.63) is 46.3 Å². The normalized spacial score (nSPS) is 26.8. The molecule has 2 aliphatic carbocycles. The van der Waals surface area contributed by atoms with Gasteiger partial charge in [-0.15, -0.1) is 0 Å². The smallest absolute Gasteiger partial charge is 0.274 e. The van der Waals surface area contributed by atoms with Crippen LogP contribution < -0.4 is 4.90 Å². The lowest BCUT2D eigenvalue weighted by atomic mass is 9.95. The standard InChI is InChI=1S/C28H37N5O4/c1-17-4-3-5-22(18(17)2)30-8-10-31(11-9-30)25(36)15-33-23-13-19-12-21(19)26(23)27(29-33)28(37)32-7-6-24(35)20(14-32)16-34/h3-5,19-21,24,34-35H,6-16H2,1-2H3/t19-,20?,21?,24?/m1/s1. The Labute approximate surface area is 217 Å². The van der Waals surface area contributed by atoms with Gasteiger partial charge in [-0.2, -0.15) is 5.10 Å². The molecule has 3 heterocycles. The first-order chi connectivity index (χ1) is 17.9. The third kappa shape index (κ3) is 4.32. The maximum Gasteiger partial charge on any atom is 0.274 e. The molecule has 9 heteroatoms. The van der Waals surface area contributed by atoms with Gasteiger partial charge >= 0.3 is 0 Å². The number of piperazine rings is 1. The number of piperidine rings is 1. The molecule has 0 radical (unpaired) electrons. The average molecular weight is 508 g/mol. The van der Waals surface area contributed by atoms with Gasteiger partial charge in [-0.3, -0.25) is 14.3 Å². The van der Waals surface area contributed by atoms with E-state index in [0.29, 0.717) is 50.1 Å². The molecule has 3 fully saturated rings. The van der Waals surface area contributed by atoms with E-state index in [1.807, 2.05) is 4.90 Å². The number of rotatable bonds is 5. The zero-order valence-electron chi connectivity index (χ0n) is 21.8. The summed E-state index contributed by atoms with van der Waals surface area (Å²) >= 11 is 0. The minimum Gasteiger partial charge on any atom is -0.396 e. The predicted octanol–water partition coefficient (Wildman–Crippen LogP) is 1.32. The minimum atomic E-state index is -0.585. The third-order valence-corrected chi connectivity index (χ3v) is 9.10. The van der Waals surface area contributed by atoms with Gasteiger partial charge in [0.2, 0.25) is 5.91 Å². The summed E-state index contributed by atoms with van der Waals surface area (Å²) in [6.07, 6.45) is 1.84. The van der Waals surface area contributed by atoms with Crippen molar-refractivity contribution in [2.24, 2.45) is 11.8 Å². The van der Waals surface area contributed by atoms with Crippen molar-refractivity contribution in [2.75, 3.05) is 50.8 Å². The van der Waals surface area contributed by atoms with Crippen LogP contribution in [0, 0.1) is 25.7 Å². The molecule has 4 atom stereocenters. The van der Waals surface area contributed by atoms with Crippen molar-refractivity contribution in [1.82, 2.24) is 19.6 Å². The summed E-state index contributed by atoms with van der Waals surface area (Å²) in [5.41, 5.74) is 6.36. The molecule has 1 aromatic carbocycles. The maximum atomic E-state index is 13.5. The monoisotopic (exact) mass is 507 g/mol. The van der Waals surface area contributed by atoms with Crippen LogP contribution in [0.1, 0.15) is 51.6 Å². The molecule has 4 aliphatic rings. The highest BCUT2D eigenvalue weighted by atomic mass is 16.3. The molecule has 2 N–H and O–H groups in total. The molecule has 9 nitrogen and oxygen atoms in total. The number of aliphatic hydroxyl groups is 2. The maximum absolute atomic E-state index is 13.5. The SMILES string of the molecule is Cc1cccc(N2CCN(C(=O)Cn3nc(C(=O)N4CCC(O)C(CO)C4)c4c3C[C@H]3CC43)CC2)c1C. The summed E-state index contributed by atoms with van der Waals surface area (Å²) in [6, 6.07) is 6.37. The molecular formula is C28H37N5O4. The molecule has 2 saturated heterocycles. The Bertz CT molecular complexity index is 1220. The Morgan fingerprint density at radius 2 is 1.86 bits per heavy atom. The highest BCUT2D eigenvalue weighted by Gasteiger charge is 2.50. The molecule has 2 aliphatic heterocycles. The number of benzene rings is 1. The number of aromatic nitrogens is 2. The number of fused-ring (bicyclic) bond motifs is 3. The lowest BCUT2D eigenvalue weighted by Crippen LogP contribution is -2.50. The molecule has 0 spiro atoms. The second kappa shape index (κ2) is 9.44. The van der Waals surface area contributed by atoms with E-state index in [1.165, 1.54) is 16.8 Å². The first-order valence-electron chi connectivity index (χ1n) is 13.6. The van der Waals surface area contributed by atoms with Crippen molar-refractivity contribution < 1.29 is 19.8 Å². The second-order valence-electron chi connectivity index (χ2n) is 11.3. The molecule has 0 bridgehead atoms. The summed E-state index contributed by atoms with van der Waals surface area (Å²) in [4.78, 5) is 32.8. The van der Waals surface area contributed by atoms with Crippen LogP contribution in [0.2, 0.25) is 0 Å². The van der Waals surface area contributed by atoms with Crippen LogP contribution in [-0.4, -0.2) is 93.6 Å². The van der Waals surface area contributed by atoms with Gasteiger partial charge in [0.15, 0.2) is 5.69 Å². The van der Waals surface area contributed by atoms with E-state index in [-0.39, 0.29) is 30.9 Å². The number of hydrogen-bond donors (Lipinski definition) is 2. The number of nitrogens with zero attached hydrogens (tertiary/aromatic N) is 5. The van der Waals surface area contributed by atoms with Gasteiger partial charge < -0.3 is 24.9 Å². The van der Waals surface area contributed by atoms with E-state index in [4.69, 9.17) is 5.10 Å². The highest BCUT2D eigenvalue weighted by Crippen LogP contribution is 2.57. The van der Waals surface area contributed by atoms with Gasteiger partial charge in [0.1, 0.15) is 6.54 Å². The topological polar surface area (TPSA) is 102 Å². The number of carbonyl (C=O) groups is 2. The van der Waals surface area contributed by atoms with Crippen molar-refractivity contribution in [1.29, 1.82) is 0 Å². The number of carbonyl (C=O) groups excluding carboxylic acids is 2. The van der Waals surface area contributed by atoms with Crippen LogP contribution >= 0.6 is 0 Å². The van der Waals surface area contributed by atoms with Gasteiger partial charge in [0.25, 0.3) is 5.91 Å². The Balaban J connectivity index is 1.15. The van der Waals surface area contributed by atoms with Crippen LogP contribution in [-0.2, 0) is 17.8 Å². The Kier molecular flexibility index (Phi) is 6.23. The fourth-order valence-electron chi connectivity index (χ4n) is 6.52. The van der Waals surface area contributed by atoms with Crippen molar-refractivity contribution in [2.45, 2.75) is 51.7 Å². The van der Waals surface area contributed by atoms with E-state index >= 15 is 0 Å². The Morgan fingerprint density at radius 3 is 2.62 bits per heavy atom. The fourth-order valence-corrected chi connectivity index (χ4v) is 6.52. The lowest BCUT2D eigenvalue weighted by Gasteiger charge is -2.37. The number of aliphatic hydroxyl groups excluding tert-OH is 2. The third-order valence-electron chi connectivity index (χ3n) is 9.10. The summed E-state index contributed by atoms with van der Waals surface area (Å²) in [5, 5.41) is 24.4.